The number of carboxylic acids is 1. The maximum atomic E-state index is 15.3. The van der Waals surface area contributed by atoms with Gasteiger partial charge in [0.05, 0.1) is 39.0 Å². The molecule has 2 aliphatic rings. The van der Waals surface area contributed by atoms with E-state index in [1.807, 2.05) is 13.8 Å². The summed E-state index contributed by atoms with van der Waals surface area (Å²) < 4.78 is 0. The molecule has 2 aromatic heterocycles. The van der Waals surface area contributed by atoms with Crippen LogP contribution in [0.3, 0.4) is 0 Å². The number of aliphatic hydroxyl groups is 3. The van der Waals surface area contributed by atoms with Crippen molar-refractivity contribution in [3.05, 3.63) is 102 Å². The highest BCUT2D eigenvalue weighted by Crippen LogP contribution is 2.27. The van der Waals surface area contributed by atoms with Gasteiger partial charge in [0.25, 0.3) is 0 Å². The Morgan fingerprint density at radius 3 is 1.32 bits per heavy atom. The van der Waals surface area contributed by atoms with Crippen LogP contribution >= 0.6 is 25.3 Å². The third-order valence-electron chi connectivity index (χ3n) is 24.0. The van der Waals surface area contributed by atoms with Gasteiger partial charge in [-0.25, -0.2) is 4.79 Å². The van der Waals surface area contributed by atoms with E-state index in [4.69, 9.17) is 22.6 Å². The number of likely N-dealkylation sites (tertiary alicyclic amines) is 2. The van der Waals surface area contributed by atoms with Crippen LogP contribution in [0.25, 0.3) is 21.8 Å². The fourth-order valence-corrected chi connectivity index (χ4v) is 16.9. The third kappa shape index (κ3) is 36.0. The number of amides is 18. The summed E-state index contributed by atoms with van der Waals surface area (Å²) in [5, 5.41) is 99.8. The molecule has 2 saturated heterocycles. The number of carbonyl (C=O) groups excluding carboxylic acids is 18. The van der Waals surface area contributed by atoms with E-state index in [0.717, 1.165) is 0 Å². The molecule has 0 bridgehead atoms. The number of guanidine groups is 1. The van der Waals surface area contributed by atoms with E-state index in [0.29, 0.717) is 38.5 Å². The van der Waals surface area contributed by atoms with E-state index >= 15 is 9.59 Å². The minimum atomic E-state index is -1.78. The number of carbonyl (C=O) groups is 19. The van der Waals surface area contributed by atoms with E-state index in [-0.39, 0.29) is 132 Å². The number of aliphatic carboxylic acids is 1. The number of hydrogen-bond acceptors (Lipinski definition) is 27. The molecule has 7 rings (SSSR count). The van der Waals surface area contributed by atoms with E-state index in [2.05, 4.69) is 120 Å². The number of phenolic OH excluding ortho intramolecular Hbond substituents is 1. The second-order valence-corrected chi connectivity index (χ2v) is 37.9. The first-order chi connectivity index (χ1) is 68.3. The first-order valence-corrected chi connectivity index (χ1v) is 48.9. The van der Waals surface area contributed by atoms with Crippen molar-refractivity contribution in [1.29, 1.82) is 5.41 Å². The summed E-state index contributed by atoms with van der Waals surface area (Å²) in [5.41, 5.74) is 19.8. The largest absolute Gasteiger partial charge is 0.508 e. The van der Waals surface area contributed by atoms with Crippen molar-refractivity contribution < 1.29 is 117 Å². The Labute approximate surface area is 842 Å². The zero-order valence-electron chi connectivity index (χ0n) is 81.6. The summed E-state index contributed by atoms with van der Waals surface area (Å²) in [7, 11) is 0. The zero-order chi connectivity index (χ0) is 106. The van der Waals surface area contributed by atoms with Crippen molar-refractivity contribution in [2.24, 2.45) is 40.9 Å². The number of phenols is 1. The number of nitrogens with two attached hydrogens (primary N) is 3. The number of thiol groups is 2. The number of benzene rings is 3. The number of aromatic nitrogens is 2. The highest BCUT2D eigenvalue weighted by molar-refractivity contribution is 7.80. The lowest BCUT2D eigenvalue weighted by molar-refractivity contribution is -0.143. The van der Waals surface area contributed by atoms with Gasteiger partial charge in [-0.15, -0.1) is 0 Å². The molecule has 0 radical (unpaired) electrons. The Morgan fingerprint density at radius 2 is 0.833 bits per heavy atom. The predicted octanol–water partition coefficient (Wildman–Crippen LogP) is -5.53. The summed E-state index contributed by atoms with van der Waals surface area (Å²) in [4.78, 5) is 274. The number of carboxylic acid groups (broad SMARTS) is 1. The van der Waals surface area contributed by atoms with E-state index < -0.39 is 267 Å². The Bertz CT molecular complexity index is 5330. The number of para-hydroxylation sites is 2. The molecule has 3 aromatic carbocycles. The van der Waals surface area contributed by atoms with E-state index in [1.165, 1.54) is 34.1 Å². The van der Waals surface area contributed by atoms with E-state index in [9.17, 15) is 107 Å². The summed E-state index contributed by atoms with van der Waals surface area (Å²) in [6, 6.07) is -3.95. The number of H-pyrrole nitrogens is 2. The van der Waals surface area contributed by atoms with Crippen molar-refractivity contribution in [3.63, 3.8) is 0 Å². The molecule has 50 heteroatoms. The van der Waals surface area contributed by atoms with Crippen molar-refractivity contribution in [1.82, 2.24) is 105 Å². The molecule has 16 atom stereocenters. The lowest BCUT2D eigenvalue weighted by Gasteiger charge is -2.32. The number of primary amides is 1. The van der Waals surface area contributed by atoms with Crippen LogP contribution in [-0.2, 0) is 110 Å². The fraction of sp³-hybridized carbons (Fsp3) is 0.553. The number of nitrogens with one attached hydrogen (secondary N) is 19. The zero-order valence-corrected chi connectivity index (χ0v) is 83.4. The number of nitrogens with zero attached hydrogens (tertiary/aromatic N) is 2. The summed E-state index contributed by atoms with van der Waals surface area (Å²) in [6.45, 7) is 8.96. The van der Waals surface area contributed by atoms with Crippen LogP contribution in [0.1, 0.15) is 143 Å². The Hall–Kier alpha value is -13.7. The van der Waals surface area contributed by atoms with Crippen LogP contribution in [0.2, 0.25) is 0 Å². The van der Waals surface area contributed by atoms with Gasteiger partial charge >= 0.3 is 5.97 Å². The standard InChI is InChI=1S/C94H138N24O24S2/c1-47(2)32-57(95)78(126)114-70(45-143)86(134)106-61(27-28-74(96)123)81(129)112-68(43-120)85(133)109-65(34-49(5)6)91(139)118-31-15-22-73(118)89(137)116-77(50(7)8)90(138)107-60(20-13-29-99-94(97)98)80(128)110-66(35-51-23-25-54(122)26-24-51)92(140)117-30-14-21-72(117)88(136)103-41-76(125)104-63(36-52-38-100-58-18-11-9-16-55(52)58)83(131)108-62(33-48(3)4)82(130)111-67(42-119)79(127)102-40-75(124)105-64(37-53-39-101-59-19-12-10-17-56(53)59)84(132)115-71(46-144)87(135)113-69(44-121)93(141)142/h9-12,16-19,23-26,38-39,47-50,57,60-73,77,100-101,119-122,143-144H,13-15,20-22,27-37,40-46,95H2,1-8H3,(H2,96,123)(H,102,127)(H,103,136)(H,104,125)(H,105,124)(H,106,134)(H,107,138)(H,108,131)(H,109,133)(H,110,128)(H,111,130)(H,112,129)(H,113,135)(H,114,126)(H,115,132)(H,116,137)(H,141,142)(H4,97,98,99)/t57-,60-,61-,62-,63-,64-,65-,66-,67-,68-,69-,70-,71-,72-,73-,77-/m0/s1. The lowest BCUT2D eigenvalue weighted by atomic mass is 10.00. The van der Waals surface area contributed by atoms with Crippen molar-refractivity contribution in [3.8, 4) is 5.75 Å². The van der Waals surface area contributed by atoms with Crippen molar-refractivity contribution >= 4 is 165 Å². The van der Waals surface area contributed by atoms with E-state index in [1.54, 1.807) is 102 Å². The average Bonchev–Trinajstić information content (AvgIpc) is 1.68. The number of fused-ring (bicyclic) bond motifs is 2. The normalized spacial score (nSPS) is 16.4. The molecule has 144 heavy (non-hydrogen) atoms. The second kappa shape index (κ2) is 57.5. The monoisotopic (exact) mass is 2050 g/mol. The van der Waals surface area contributed by atoms with Gasteiger partial charge in [-0.1, -0.05) is 104 Å². The number of hydrogen-bond donors (Lipinski definition) is 29. The number of rotatable bonds is 58. The molecule has 0 saturated carbocycles. The molecule has 2 fully saturated rings. The van der Waals surface area contributed by atoms with Gasteiger partial charge in [-0.3, -0.25) is 91.7 Å². The molecule has 0 aliphatic carbocycles. The first-order valence-electron chi connectivity index (χ1n) is 47.6. The summed E-state index contributed by atoms with van der Waals surface area (Å²) in [6.07, 6.45) is 2.24. The van der Waals surface area contributed by atoms with Crippen LogP contribution < -0.4 is 102 Å². The van der Waals surface area contributed by atoms with Crippen LogP contribution in [0.5, 0.6) is 5.75 Å². The van der Waals surface area contributed by atoms with Crippen LogP contribution in [0.15, 0.2) is 85.2 Å². The maximum Gasteiger partial charge on any atom is 0.328 e. The highest BCUT2D eigenvalue weighted by Gasteiger charge is 2.44. The second-order valence-electron chi connectivity index (χ2n) is 37.1. The van der Waals surface area contributed by atoms with Crippen molar-refractivity contribution in [2.45, 2.75) is 242 Å². The molecule has 48 nitrogen and oxygen atoms in total. The molecule has 790 valence electrons. The van der Waals surface area contributed by atoms with Gasteiger partial charge in [-0.05, 0) is 129 Å². The van der Waals surface area contributed by atoms with Gasteiger partial charge in [0.2, 0.25) is 106 Å². The minimum absolute atomic E-state index is 0.00188. The molecule has 2 aliphatic heterocycles. The number of aromatic hydroxyl groups is 1. The van der Waals surface area contributed by atoms with Crippen molar-refractivity contribution in [2.75, 3.05) is 64.1 Å². The molecule has 5 aromatic rings. The number of aliphatic hydroxyl groups excluding tert-OH is 3. The Kier molecular flexibility index (Phi) is 46.8. The van der Waals surface area contributed by atoms with Crippen LogP contribution in [-0.4, -0.2) is 324 Å². The summed E-state index contributed by atoms with van der Waals surface area (Å²) in [5.74, 6) is -20.7. The fourth-order valence-electron chi connectivity index (χ4n) is 16.4. The molecule has 0 spiro atoms. The smallest absolute Gasteiger partial charge is 0.328 e. The molecular weight excluding hydrogens is 1910 g/mol. The topological polar surface area (TPSA) is 758 Å². The highest BCUT2D eigenvalue weighted by atomic mass is 32.1. The average molecular weight is 2050 g/mol. The molecule has 18 amide bonds. The van der Waals surface area contributed by atoms with Crippen LogP contribution in [0, 0.1) is 29.1 Å². The summed E-state index contributed by atoms with van der Waals surface area (Å²) >= 11 is 8.32. The Morgan fingerprint density at radius 1 is 0.431 bits per heavy atom. The molecule has 0 unspecified atom stereocenters. The third-order valence-corrected chi connectivity index (χ3v) is 24.7. The predicted molar refractivity (Wildman–Crippen MR) is 532 cm³/mol. The molecular formula is C94H138N24O24S2. The maximum absolute atomic E-state index is 15.3. The first kappa shape index (κ1) is 117. The van der Waals surface area contributed by atoms with Gasteiger partial charge in [0.1, 0.15) is 96.4 Å². The van der Waals surface area contributed by atoms with Gasteiger partial charge in [0, 0.05) is 91.0 Å². The minimum Gasteiger partial charge on any atom is -0.508 e. The Balaban J connectivity index is 1.03. The van der Waals surface area contributed by atoms with Crippen LogP contribution in [0.4, 0.5) is 0 Å². The lowest BCUT2D eigenvalue weighted by Crippen LogP contribution is -2.61. The van der Waals surface area contributed by atoms with Gasteiger partial charge in [-0.2, -0.15) is 25.3 Å². The molecule has 30 N–H and O–H groups in total. The van der Waals surface area contributed by atoms with Gasteiger partial charge in [0.15, 0.2) is 5.96 Å². The SMILES string of the molecule is CC(C)C[C@H](NC(=O)[C@H](Cc1c[nH]c2ccccc12)NC(=O)CNC(=O)[C@@H]1CCCN1C(=O)[C@H](Cc1ccc(O)cc1)NC(=O)[C@H](CCCNC(=N)N)NC(=O)[C@@H](NC(=O)[C@@H]1CCCN1C(=O)[C@H](CC(C)C)NC(=O)[C@H](CO)NC(=O)[C@H](CCC(N)=O)NC(=O)[C@H](CS)NC(=O)[C@@H](N)CC(C)C)C(C)C)C(=O)N[C@@H](CO)C(=O)NCC(=O)N[C@@H](Cc1c[nH]c2ccccc12)C(=O)N[C@@H](CS)C(=O)N[C@@H](CO)C(=O)O. The number of aromatic amines is 2. The quantitative estimate of drug-likeness (QED) is 0.00747. The van der Waals surface area contributed by atoms with Gasteiger partial charge < -0.3 is 148 Å². The molecule has 4 heterocycles.